The Morgan fingerprint density at radius 3 is 2.38 bits per heavy atom. The van der Waals surface area contributed by atoms with E-state index < -0.39 is 0 Å². The first kappa shape index (κ1) is 14.2. The molecular formula is C18H18ClNO. The molecule has 1 amide bonds. The number of nitrogens with zero attached hydrogens (tertiary/aromatic N) is 1. The lowest BCUT2D eigenvalue weighted by Crippen LogP contribution is -2.34. The van der Waals surface area contributed by atoms with Crippen molar-refractivity contribution in [2.24, 2.45) is 0 Å². The second-order valence-electron chi connectivity index (χ2n) is 5.44. The average Bonchev–Trinajstić information content (AvgIpc) is 2.85. The van der Waals surface area contributed by atoms with Gasteiger partial charge in [-0.3, -0.25) is 4.79 Å². The van der Waals surface area contributed by atoms with Crippen molar-refractivity contribution in [3.8, 4) is 0 Å². The molecule has 0 saturated carbocycles. The van der Waals surface area contributed by atoms with Gasteiger partial charge in [-0.15, -0.1) is 0 Å². The second kappa shape index (κ2) is 5.90. The second-order valence-corrected chi connectivity index (χ2v) is 5.87. The number of hydrogen-bond acceptors (Lipinski definition) is 1. The Morgan fingerprint density at radius 1 is 1.10 bits per heavy atom. The van der Waals surface area contributed by atoms with Crippen LogP contribution in [0.1, 0.15) is 31.2 Å². The van der Waals surface area contributed by atoms with Crippen LogP contribution < -0.4 is 4.90 Å². The number of carbonyl (C=O) groups is 1. The van der Waals surface area contributed by atoms with Crippen LogP contribution in [0.25, 0.3) is 0 Å². The Kier molecular flexibility index (Phi) is 3.98. The zero-order valence-corrected chi connectivity index (χ0v) is 12.8. The van der Waals surface area contributed by atoms with E-state index in [1.807, 2.05) is 59.5 Å². The van der Waals surface area contributed by atoms with Crippen LogP contribution in [0.4, 0.5) is 5.69 Å². The largest absolute Gasteiger partial charge is 0.309 e. The van der Waals surface area contributed by atoms with E-state index in [1.165, 1.54) is 5.56 Å². The molecule has 0 radical (unpaired) electrons. The quantitative estimate of drug-likeness (QED) is 0.808. The van der Waals surface area contributed by atoms with Crippen LogP contribution in [0, 0.1) is 0 Å². The molecule has 0 aromatic heterocycles. The van der Waals surface area contributed by atoms with Crippen molar-refractivity contribution in [3.05, 3.63) is 65.2 Å². The van der Waals surface area contributed by atoms with Crippen molar-refractivity contribution in [1.29, 1.82) is 0 Å². The van der Waals surface area contributed by atoms with E-state index in [1.54, 1.807) is 0 Å². The zero-order valence-electron chi connectivity index (χ0n) is 12.0. The van der Waals surface area contributed by atoms with Crippen molar-refractivity contribution in [1.82, 2.24) is 0 Å². The van der Waals surface area contributed by atoms with Crippen LogP contribution >= 0.6 is 11.6 Å². The SMILES string of the molecule is CC[C@H]1[C@H](c2ccc(Cl)cc2)CC(=O)N1c1ccccc1. The summed E-state index contributed by atoms with van der Waals surface area (Å²) in [7, 11) is 0. The lowest BCUT2D eigenvalue weighted by molar-refractivity contribution is -0.117. The fraction of sp³-hybridized carbons (Fsp3) is 0.278. The smallest absolute Gasteiger partial charge is 0.227 e. The summed E-state index contributed by atoms with van der Waals surface area (Å²) < 4.78 is 0. The van der Waals surface area contributed by atoms with Crippen LogP contribution in [-0.4, -0.2) is 11.9 Å². The number of hydrogen-bond donors (Lipinski definition) is 0. The van der Waals surface area contributed by atoms with E-state index in [-0.39, 0.29) is 17.9 Å². The Labute approximate surface area is 130 Å². The van der Waals surface area contributed by atoms with E-state index in [0.717, 1.165) is 17.1 Å². The van der Waals surface area contributed by atoms with Gasteiger partial charge in [-0.25, -0.2) is 0 Å². The molecule has 1 saturated heterocycles. The Morgan fingerprint density at radius 2 is 1.76 bits per heavy atom. The van der Waals surface area contributed by atoms with E-state index in [4.69, 9.17) is 11.6 Å². The summed E-state index contributed by atoms with van der Waals surface area (Å²) in [5.74, 6) is 0.438. The number of benzene rings is 2. The van der Waals surface area contributed by atoms with Gasteiger partial charge in [-0.1, -0.05) is 48.9 Å². The summed E-state index contributed by atoms with van der Waals surface area (Å²) in [5, 5.41) is 0.732. The lowest BCUT2D eigenvalue weighted by atomic mass is 9.90. The molecule has 0 aliphatic carbocycles. The first-order valence-corrected chi connectivity index (χ1v) is 7.71. The number of para-hydroxylation sites is 1. The van der Waals surface area contributed by atoms with E-state index in [2.05, 4.69) is 6.92 Å². The third-order valence-corrected chi connectivity index (χ3v) is 4.46. The normalized spacial score (nSPS) is 21.8. The molecule has 3 rings (SSSR count). The highest BCUT2D eigenvalue weighted by Gasteiger charge is 2.40. The van der Waals surface area contributed by atoms with Crippen LogP contribution in [0.5, 0.6) is 0 Å². The summed E-state index contributed by atoms with van der Waals surface area (Å²) in [6.45, 7) is 2.14. The van der Waals surface area contributed by atoms with Gasteiger partial charge >= 0.3 is 0 Å². The Hall–Kier alpha value is -1.80. The summed E-state index contributed by atoms with van der Waals surface area (Å²) in [5.41, 5.74) is 2.18. The monoisotopic (exact) mass is 299 g/mol. The van der Waals surface area contributed by atoms with E-state index in [0.29, 0.717) is 6.42 Å². The first-order chi connectivity index (χ1) is 10.2. The van der Waals surface area contributed by atoms with Gasteiger partial charge in [0, 0.05) is 29.1 Å². The maximum absolute atomic E-state index is 12.5. The van der Waals surface area contributed by atoms with Crippen molar-refractivity contribution in [2.75, 3.05) is 4.90 Å². The first-order valence-electron chi connectivity index (χ1n) is 7.33. The third-order valence-electron chi connectivity index (χ3n) is 4.21. The minimum Gasteiger partial charge on any atom is -0.309 e. The fourth-order valence-electron chi connectivity index (χ4n) is 3.23. The molecule has 2 aromatic carbocycles. The predicted molar refractivity (Wildman–Crippen MR) is 86.8 cm³/mol. The highest BCUT2D eigenvalue weighted by Crippen LogP contribution is 2.39. The van der Waals surface area contributed by atoms with E-state index in [9.17, 15) is 4.79 Å². The molecule has 0 bridgehead atoms. The van der Waals surface area contributed by atoms with Crippen LogP contribution in [0.15, 0.2) is 54.6 Å². The predicted octanol–water partition coefficient (Wildman–Crippen LogP) is 4.64. The highest BCUT2D eigenvalue weighted by atomic mass is 35.5. The standard InChI is InChI=1S/C18H18ClNO/c1-2-17-16(13-8-10-14(19)11-9-13)12-18(21)20(17)15-6-4-3-5-7-15/h3-11,16-17H,2,12H2,1H3/t16-,17-/m0/s1. The molecule has 1 aliphatic heterocycles. The van der Waals surface area contributed by atoms with Gasteiger partial charge in [0.1, 0.15) is 0 Å². The van der Waals surface area contributed by atoms with Crippen molar-refractivity contribution >= 4 is 23.2 Å². The molecule has 2 atom stereocenters. The van der Waals surface area contributed by atoms with Crippen LogP contribution in [0.2, 0.25) is 5.02 Å². The van der Waals surface area contributed by atoms with Gasteiger partial charge in [0.15, 0.2) is 0 Å². The Balaban J connectivity index is 1.94. The lowest BCUT2D eigenvalue weighted by Gasteiger charge is -2.27. The van der Waals surface area contributed by atoms with Gasteiger partial charge in [0.05, 0.1) is 0 Å². The molecule has 0 spiro atoms. The number of anilines is 1. The molecule has 108 valence electrons. The molecule has 2 aromatic rings. The molecule has 1 heterocycles. The number of halogens is 1. The van der Waals surface area contributed by atoms with Gasteiger partial charge in [0.2, 0.25) is 5.91 Å². The van der Waals surface area contributed by atoms with Gasteiger partial charge < -0.3 is 4.90 Å². The molecule has 0 unspecified atom stereocenters. The molecule has 1 fully saturated rings. The minimum atomic E-state index is 0.202. The van der Waals surface area contributed by atoms with Gasteiger partial charge in [-0.2, -0.15) is 0 Å². The van der Waals surface area contributed by atoms with Crippen LogP contribution in [0.3, 0.4) is 0 Å². The van der Waals surface area contributed by atoms with Crippen molar-refractivity contribution in [2.45, 2.75) is 31.7 Å². The summed E-state index contributed by atoms with van der Waals surface area (Å²) in [6, 6.07) is 18.0. The topological polar surface area (TPSA) is 20.3 Å². The number of carbonyl (C=O) groups excluding carboxylic acids is 1. The molecule has 0 N–H and O–H groups in total. The maximum atomic E-state index is 12.5. The molecular weight excluding hydrogens is 282 g/mol. The molecule has 21 heavy (non-hydrogen) atoms. The number of amides is 1. The zero-order chi connectivity index (χ0) is 14.8. The highest BCUT2D eigenvalue weighted by molar-refractivity contribution is 6.30. The van der Waals surface area contributed by atoms with E-state index >= 15 is 0 Å². The van der Waals surface area contributed by atoms with Gasteiger partial charge in [-0.05, 0) is 36.2 Å². The molecule has 2 nitrogen and oxygen atoms in total. The summed E-state index contributed by atoms with van der Waals surface area (Å²) in [4.78, 5) is 14.5. The van der Waals surface area contributed by atoms with Crippen LogP contribution in [-0.2, 0) is 4.79 Å². The van der Waals surface area contributed by atoms with Gasteiger partial charge in [0.25, 0.3) is 0 Å². The maximum Gasteiger partial charge on any atom is 0.227 e. The fourth-order valence-corrected chi connectivity index (χ4v) is 3.35. The summed E-state index contributed by atoms with van der Waals surface area (Å²) >= 11 is 5.96. The Bertz CT molecular complexity index is 623. The third kappa shape index (κ3) is 2.68. The molecule has 3 heteroatoms. The minimum absolute atomic E-state index is 0.202. The van der Waals surface area contributed by atoms with Crippen molar-refractivity contribution in [3.63, 3.8) is 0 Å². The molecule has 1 aliphatic rings. The average molecular weight is 300 g/mol. The summed E-state index contributed by atoms with van der Waals surface area (Å²) in [6.07, 6.45) is 1.50. The number of rotatable bonds is 3. The van der Waals surface area contributed by atoms with Crippen molar-refractivity contribution < 1.29 is 4.79 Å².